The minimum atomic E-state index is -3.18. The van der Waals surface area contributed by atoms with Crippen LogP contribution in [0.5, 0.6) is 0 Å². The van der Waals surface area contributed by atoms with Crippen LogP contribution in [0.4, 0.5) is 0 Å². The highest BCUT2D eigenvalue weighted by molar-refractivity contribution is 8.00. The molecule has 0 radical (unpaired) electrons. The maximum absolute atomic E-state index is 11.9. The van der Waals surface area contributed by atoms with Gasteiger partial charge < -0.3 is 0 Å². The largest absolute Gasteiger partial charge is 0.292 e. The standard InChI is InChI=1S/C13H11ClO3S3/c1-20(16,17)10-4-2-9(3-5-10)18-8-11(15)12-6-7-13(14)19-12/h2-7H,8H2,1H3. The van der Waals surface area contributed by atoms with Crippen molar-refractivity contribution in [1.29, 1.82) is 0 Å². The molecule has 0 unspecified atom stereocenters. The Balaban J connectivity index is 1.99. The Morgan fingerprint density at radius 3 is 2.35 bits per heavy atom. The van der Waals surface area contributed by atoms with Gasteiger partial charge in [-0.15, -0.1) is 23.1 Å². The van der Waals surface area contributed by atoms with Crippen LogP contribution in [0.1, 0.15) is 9.67 Å². The summed E-state index contributed by atoms with van der Waals surface area (Å²) < 4.78 is 23.2. The maximum atomic E-state index is 11.9. The second-order valence-electron chi connectivity index (χ2n) is 4.06. The number of carbonyl (C=O) groups is 1. The molecule has 0 saturated carbocycles. The highest BCUT2D eigenvalue weighted by atomic mass is 35.5. The van der Waals surface area contributed by atoms with Crippen molar-refractivity contribution in [3.63, 3.8) is 0 Å². The molecule has 106 valence electrons. The smallest absolute Gasteiger partial charge is 0.183 e. The highest BCUT2D eigenvalue weighted by Gasteiger charge is 2.10. The van der Waals surface area contributed by atoms with Crippen molar-refractivity contribution in [3.05, 3.63) is 45.6 Å². The van der Waals surface area contributed by atoms with Gasteiger partial charge in [-0.05, 0) is 36.4 Å². The number of thiophene rings is 1. The quantitative estimate of drug-likeness (QED) is 0.610. The second kappa shape index (κ2) is 6.30. The zero-order chi connectivity index (χ0) is 14.8. The minimum Gasteiger partial charge on any atom is -0.292 e. The van der Waals surface area contributed by atoms with Gasteiger partial charge in [0.05, 0.1) is 19.9 Å². The van der Waals surface area contributed by atoms with E-state index in [-0.39, 0.29) is 10.7 Å². The SMILES string of the molecule is CS(=O)(=O)c1ccc(SCC(=O)c2ccc(Cl)s2)cc1. The van der Waals surface area contributed by atoms with Crippen molar-refractivity contribution in [2.75, 3.05) is 12.0 Å². The number of ketones is 1. The minimum absolute atomic E-state index is 0.0130. The summed E-state index contributed by atoms with van der Waals surface area (Å²) in [5.74, 6) is 0.314. The molecule has 3 nitrogen and oxygen atoms in total. The lowest BCUT2D eigenvalue weighted by Crippen LogP contribution is -1.99. The molecule has 2 aromatic rings. The highest BCUT2D eigenvalue weighted by Crippen LogP contribution is 2.25. The number of halogens is 1. The second-order valence-corrected chi connectivity index (χ2v) is 8.84. The monoisotopic (exact) mass is 346 g/mol. The van der Waals surface area contributed by atoms with Gasteiger partial charge in [-0.1, -0.05) is 11.6 Å². The van der Waals surface area contributed by atoms with Gasteiger partial charge in [0.2, 0.25) is 0 Å². The van der Waals surface area contributed by atoms with E-state index in [0.29, 0.717) is 15.0 Å². The topological polar surface area (TPSA) is 51.2 Å². The van der Waals surface area contributed by atoms with Gasteiger partial charge in [0.25, 0.3) is 0 Å². The van der Waals surface area contributed by atoms with Crippen LogP contribution in [0.3, 0.4) is 0 Å². The molecule has 1 aromatic heterocycles. The fourth-order valence-electron chi connectivity index (χ4n) is 1.47. The van der Waals surface area contributed by atoms with E-state index in [1.54, 1.807) is 36.4 Å². The lowest BCUT2D eigenvalue weighted by Gasteiger charge is -2.02. The van der Waals surface area contributed by atoms with Crippen molar-refractivity contribution in [2.24, 2.45) is 0 Å². The summed E-state index contributed by atoms with van der Waals surface area (Å²) in [6.07, 6.45) is 1.17. The summed E-state index contributed by atoms with van der Waals surface area (Å²) in [5.41, 5.74) is 0. The van der Waals surface area contributed by atoms with Gasteiger partial charge in [0, 0.05) is 11.2 Å². The lowest BCUT2D eigenvalue weighted by atomic mass is 10.3. The van der Waals surface area contributed by atoms with E-state index in [1.165, 1.54) is 29.4 Å². The van der Waals surface area contributed by atoms with E-state index >= 15 is 0 Å². The van der Waals surface area contributed by atoms with Crippen LogP contribution >= 0.6 is 34.7 Å². The Hall–Kier alpha value is -0.820. The average molecular weight is 347 g/mol. The molecule has 2 rings (SSSR count). The summed E-state index contributed by atoms with van der Waals surface area (Å²) in [7, 11) is -3.18. The Labute approximate surface area is 130 Å². The first-order chi connectivity index (χ1) is 9.36. The molecule has 0 spiro atoms. The zero-order valence-corrected chi connectivity index (χ0v) is 13.7. The number of benzene rings is 1. The Bertz CT molecular complexity index is 718. The van der Waals surface area contributed by atoms with Crippen molar-refractivity contribution in [1.82, 2.24) is 0 Å². The molecule has 0 bridgehead atoms. The third-order valence-corrected chi connectivity index (χ3v) is 5.88. The molecule has 1 aromatic carbocycles. The predicted octanol–water partition coefficient (Wildman–Crippen LogP) is 3.78. The molecule has 0 fully saturated rings. The van der Waals surface area contributed by atoms with Crippen LogP contribution in [0.2, 0.25) is 4.34 Å². The number of hydrogen-bond acceptors (Lipinski definition) is 5. The molecule has 20 heavy (non-hydrogen) atoms. The van der Waals surface area contributed by atoms with Crippen molar-refractivity contribution < 1.29 is 13.2 Å². The third-order valence-electron chi connectivity index (χ3n) is 2.47. The number of carbonyl (C=O) groups excluding carboxylic acids is 1. The molecule has 1 heterocycles. The van der Waals surface area contributed by atoms with Crippen LogP contribution in [0.25, 0.3) is 0 Å². The van der Waals surface area contributed by atoms with Crippen LogP contribution in [0.15, 0.2) is 46.2 Å². The average Bonchev–Trinajstić information content (AvgIpc) is 2.82. The molecule has 0 aliphatic heterocycles. The van der Waals surface area contributed by atoms with Gasteiger partial charge in [0.1, 0.15) is 0 Å². The van der Waals surface area contributed by atoms with Crippen LogP contribution in [0, 0.1) is 0 Å². The predicted molar refractivity (Wildman–Crippen MR) is 83.9 cm³/mol. The summed E-state index contributed by atoms with van der Waals surface area (Å²) in [6, 6.07) is 9.91. The van der Waals surface area contributed by atoms with Crippen LogP contribution in [-0.2, 0) is 9.84 Å². The van der Waals surface area contributed by atoms with E-state index < -0.39 is 9.84 Å². The van der Waals surface area contributed by atoms with Gasteiger partial charge in [-0.25, -0.2) is 8.42 Å². The first kappa shape index (κ1) is 15.6. The molecule has 0 amide bonds. The maximum Gasteiger partial charge on any atom is 0.183 e. The Morgan fingerprint density at radius 2 is 1.85 bits per heavy atom. The van der Waals surface area contributed by atoms with E-state index in [9.17, 15) is 13.2 Å². The number of thioether (sulfide) groups is 1. The Morgan fingerprint density at radius 1 is 1.20 bits per heavy atom. The first-order valence-electron chi connectivity index (χ1n) is 5.58. The summed E-state index contributed by atoms with van der Waals surface area (Å²) in [4.78, 5) is 13.7. The van der Waals surface area contributed by atoms with E-state index in [0.717, 1.165) is 4.90 Å². The van der Waals surface area contributed by atoms with Crippen molar-refractivity contribution >= 4 is 50.3 Å². The number of sulfone groups is 1. The normalized spacial score (nSPS) is 11.5. The fourth-order valence-corrected chi connectivity index (χ4v) is 3.95. The summed E-state index contributed by atoms with van der Waals surface area (Å²) >= 11 is 8.42. The van der Waals surface area contributed by atoms with Gasteiger partial charge >= 0.3 is 0 Å². The molecule has 0 atom stereocenters. The van der Waals surface area contributed by atoms with Gasteiger partial charge in [-0.2, -0.15) is 0 Å². The van der Waals surface area contributed by atoms with E-state index in [4.69, 9.17) is 11.6 Å². The molecule has 0 N–H and O–H groups in total. The molecule has 0 aliphatic carbocycles. The van der Waals surface area contributed by atoms with E-state index in [2.05, 4.69) is 0 Å². The van der Waals surface area contributed by atoms with E-state index in [1.807, 2.05) is 0 Å². The molecular formula is C13H11ClO3S3. The van der Waals surface area contributed by atoms with Gasteiger partial charge in [-0.3, -0.25) is 4.79 Å². The van der Waals surface area contributed by atoms with Crippen LogP contribution < -0.4 is 0 Å². The van der Waals surface area contributed by atoms with Gasteiger partial charge in [0.15, 0.2) is 15.6 Å². The number of hydrogen-bond donors (Lipinski definition) is 0. The summed E-state index contributed by atoms with van der Waals surface area (Å²) in [6.45, 7) is 0. The Kier molecular flexibility index (Phi) is 4.90. The molecular weight excluding hydrogens is 336 g/mol. The van der Waals surface area contributed by atoms with Crippen molar-refractivity contribution in [3.8, 4) is 0 Å². The fraction of sp³-hybridized carbons (Fsp3) is 0.154. The first-order valence-corrected chi connectivity index (χ1v) is 9.65. The zero-order valence-electron chi connectivity index (χ0n) is 10.5. The molecule has 0 aliphatic rings. The molecule has 7 heteroatoms. The van der Waals surface area contributed by atoms with Crippen LogP contribution in [-0.4, -0.2) is 26.2 Å². The number of Topliss-reactive ketones (excluding diaryl/α,β-unsaturated/α-hetero) is 1. The van der Waals surface area contributed by atoms with Crippen molar-refractivity contribution in [2.45, 2.75) is 9.79 Å². The summed E-state index contributed by atoms with van der Waals surface area (Å²) in [5, 5.41) is 0. The molecule has 0 saturated heterocycles. The lowest BCUT2D eigenvalue weighted by molar-refractivity contribution is 0.102. The number of rotatable bonds is 5. The third kappa shape index (κ3) is 4.09.